The van der Waals surface area contributed by atoms with Gasteiger partial charge in [0.05, 0.1) is 6.17 Å². The minimum atomic E-state index is 0.648. The summed E-state index contributed by atoms with van der Waals surface area (Å²) in [5.74, 6) is 0. The summed E-state index contributed by atoms with van der Waals surface area (Å²) in [6.45, 7) is 5.40. The summed E-state index contributed by atoms with van der Waals surface area (Å²) in [5, 5.41) is 2.17. The van der Waals surface area contributed by atoms with Crippen molar-refractivity contribution >= 4 is 0 Å². The minimum absolute atomic E-state index is 0.648. The van der Waals surface area contributed by atoms with Gasteiger partial charge in [-0.3, -0.25) is 0 Å². The standard InChI is InChI=1S/C4H10N2/c1-3-6-4(2)5-6/h4-5H,3H2,1-2H3/t4-,6?/m0/s1. The lowest BCUT2D eigenvalue weighted by Crippen LogP contribution is -1.97. The smallest absolute Gasteiger partial charge is 0.0835 e. The lowest BCUT2D eigenvalue weighted by molar-refractivity contribution is 0.517. The first-order chi connectivity index (χ1) is 2.84. The van der Waals surface area contributed by atoms with Crippen molar-refractivity contribution in [3.05, 3.63) is 0 Å². The van der Waals surface area contributed by atoms with E-state index in [2.05, 4.69) is 24.3 Å². The van der Waals surface area contributed by atoms with Gasteiger partial charge < -0.3 is 0 Å². The first kappa shape index (κ1) is 4.09. The van der Waals surface area contributed by atoms with E-state index in [1.807, 2.05) is 0 Å². The highest BCUT2D eigenvalue weighted by atomic mass is 15.7. The molecule has 6 heavy (non-hydrogen) atoms. The molecule has 2 atom stereocenters. The van der Waals surface area contributed by atoms with E-state index in [4.69, 9.17) is 0 Å². The number of nitrogens with one attached hydrogen (secondary N) is 1. The molecule has 1 saturated heterocycles. The molecule has 0 aromatic carbocycles. The maximum Gasteiger partial charge on any atom is 0.0835 e. The SMILES string of the molecule is CCN1N[C@@H]1C. The Labute approximate surface area is 38.1 Å². The van der Waals surface area contributed by atoms with Gasteiger partial charge in [-0.2, -0.15) is 0 Å². The molecule has 0 amide bonds. The van der Waals surface area contributed by atoms with E-state index in [1.54, 1.807) is 0 Å². The third kappa shape index (κ3) is 0.533. The molecule has 0 aromatic heterocycles. The van der Waals surface area contributed by atoms with Crippen molar-refractivity contribution in [3.63, 3.8) is 0 Å². The van der Waals surface area contributed by atoms with Crippen LogP contribution in [0, 0.1) is 0 Å². The van der Waals surface area contributed by atoms with Crippen LogP contribution in [0.4, 0.5) is 0 Å². The molecule has 1 rings (SSSR count). The maximum absolute atomic E-state index is 3.11. The minimum Gasteiger partial charge on any atom is -0.235 e. The van der Waals surface area contributed by atoms with Gasteiger partial charge in [0.1, 0.15) is 0 Å². The van der Waals surface area contributed by atoms with Crippen LogP contribution in [0.1, 0.15) is 13.8 Å². The highest BCUT2D eigenvalue weighted by molar-refractivity contribution is 4.69. The summed E-state index contributed by atoms with van der Waals surface area (Å²) in [5.41, 5.74) is 3.11. The molecule has 1 N–H and O–H groups in total. The fraction of sp³-hybridized carbons (Fsp3) is 1.00. The van der Waals surface area contributed by atoms with Crippen molar-refractivity contribution in [2.75, 3.05) is 6.54 Å². The molecule has 1 heterocycles. The molecule has 0 saturated carbocycles. The van der Waals surface area contributed by atoms with E-state index < -0.39 is 0 Å². The van der Waals surface area contributed by atoms with Gasteiger partial charge in [0.2, 0.25) is 0 Å². The van der Waals surface area contributed by atoms with Crippen molar-refractivity contribution in [3.8, 4) is 0 Å². The van der Waals surface area contributed by atoms with Crippen LogP contribution >= 0.6 is 0 Å². The van der Waals surface area contributed by atoms with Crippen LogP contribution in [0.3, 0.4) is 0 Å². The second kappa shape index (κ2) is 1.21. The summed E-state index contributed by atoms with van der Waals surface area (Å²) in [4.78, 5) is 0. The zero-order valence-corrected chi connectivity index (χ0v) is 4.23. The molecule has 1 aliphatic heterocycles. The van der Waals surface area contributed by atoms with Crippen LogP contribution in [0.2, 0.25) is 0 Å². The molecule has 2 heteroatoms. The fourth-order valence-electron chi connectivity index (χ4n) is 0.572. The van der Waals surface area contributed by atoms with Crippen LogP contribution in [-0.4, -0.2) is 17.7 Å². The largest absolute Gasteiger partial charge is 0.235 e. The van der Waals surface area contributed by atoms with E-state index in [9.17, 15) is 0 Å². The first-order valence-corrected chi connectivity index (χ1v) is 2.37. The summed E-state index contributed by atoms with van der Waals surface area (Å²) in [6.07, 6.45) is 0.648. The Morgan fingerprint density at radius 2 is 2.33 bits per heavy atom. The van der Waals surface area contributed by atoms with Crippen molar-refractivity contribution in [2.24, 2.45) is 0 Å². The Morgan fingerprint density at radius 3 is 2.33 bits per heavy atom. The average molecular weight is 86.1 g/mol. The van der Waals surface area contributed by atoms with E-state index in [0.29, 0.717) is 6.17 Å². The van der Waals surface area contributed by atoms with Crippen LogP contribution < -0.4 is 5.43 Å². The van der Waals surface area contributed by atoms with Gasteiger partial charge in [-0.1, -0.05) is 6.92 Å². The van der Waals surface area contributed by atoms with Gasteiger partial charge in [0, 0.05) is 6.54 Å². The van der Waals surface area contributed by atoms with E-state index in [-0.39, 0.29) is 0 Å². The molecule has 36 valence electrons. The van der Waals surface area contributed by atoms with Crippen molar-refractivity contribution in [1.29, 1.82) is 0 Å². The highest BCUT2D eigenvalue weighted by Gasteiger charge is 2.24. The molecule has 0 aliphatic carbocycles. The highest BCUT2D eigenvalue weighted by Crippen LogP contribution is 2.03. The monoisotopic (exact) mass is 86.1 g/mol. The Hall–Kier alpha value is -0.0800. The summed E-state index contributed by atoms with van der Waals surface area (Å²) >= 11 is 0. The van der Waals surface area contributed by atoms with Gasteiger partial charge in [0.25, 0.3) is 0 Å². The molecule has 0 aromatic rings. The first-order valence-electron chi connectivity index (χ1n) is 2.37. The molecule has 2 nitrogen and oxygen atoms in total. The molecule has 1 fully saturated rings. The van der Waals surface area contributed by atoms with Gasteiger partial charge in [-0.05, 0) is 6.92 Å². The summed E-state index contributed by atoms with van der Waals surface area (Å²) in [6, 6.07) is 0. The number of rotatable bonds is 1. The lowest BCUT2D eigenvalue weighted by atomic mass is 10.6. The van der Waals surface area contributed by atoms with Crippen LogP contribution in [0.5, 0.6) is 0 Å². The molecular formula is C4H10N2. The number of hydrogen-bond donors (Lipinski definition) is 1. The van der Waals surface area contributed by atoms with Crippen molar-refractivity contribution < 1.29 is 0 Å². The second-order valence-electron chi connectivity index (χ2n) is 1.59. The van der Waals surface area contributed by atoms with Crippen LogP contribution in [-0.2, 0) is 0 Å². The van der Waals surface area contributed by atoms with E-state index >= 15 is 0 Å². The third-order valence-corrected chi connectivity index (χ3v) is 1.09. The van der Waals surface area contributed by atoms with Gasteiger partial charge in [-0.25, -0.2) is 10.4 Å². The predicted molar refractivity (Wildman–Crippen MR) is 25.0 cm³/mol. The number of hydrazine groups is 1. The fourth-order valence-corrected chi connectivity index (χ4v) is 0.572. The molecule has 0 radical (unpaired) electrons. The molecule has 0 bridgehead atoms. The molecular weight excluding hydrogens is 76.1 g/mol. The van der Waals surface area contributed by atoms with Gasteiger partial charge in [-0.15, -0.1) is 0 Å². The molecule has 1 aliphatic rings. The Morgan fingerprint density at radius 1 is 1.83 bits per heavy atom. The molecule has 1 unspecified atom stereocenters. The Kier molecular flexibility index (Phi) is 0.821. The van der Waals surface area contributed by atoms with E-state index in [0.717, 1.165) is 6.54 Å². The zero-order chi connectivity index (χ0) is 4.57. The summed E-state index contributed by atoms with van der Waals surface area (Å²) < 4.78 is 0. The second-order valence-corrected chi connectivity index (χ2v) is 1.59. The van der Waals surface area contributed by atoms with Gasteiger partial charge >= 0.3 is 0 Å². The normalized spacial score (nSPS) is 43.0. The topological polar surface area (TPSA) is 25.0 Å². The van der Waals surface area contributed by atoms with Gasteiger partial charge in [0.15, 0.2) is 0 Å². The number of hydrogen-bond acceptors (Lipinski definition) is 2. The lowest BCUT2D eigenvalue weighted by Gasteiger charge is -1.83. The van der Waals surface area contributed by atoms with Crippen LogP contribution in [0.25, 0.3) is 0 Å². The predicted octanol–water partition coefficient (Wildman–Crippen LogP) is 0.173. The zero-order valence-electron chi connectivity index (χ0n) is 4.23. The van der Waals surface area contributed by atoms with Crippen molar-refractivity contribution in [2.45, 2.75) is 20.0 Å². The third-order valence-electron chi connectivity index (χ3n) is 1.09. The summed E-state index contributed by atoms with van der Waals surface area (Å²) in [7, 11) is 0. The van der Waals surface area contributed by atoms with Crippen LogP contribution in [0.15, 0.2) is 0 Å². The van der Waals surface area contributed by atoms with Crippen molar-refractivity contribution in [1.82, 2.24) is 10.4 Å². The van der Waals surface area contributed by atoms with E-state index in [1.165, 1.54) is 0 Å². The number of nitrogens with zero attached hydrogens (tertiary/aromatic N) is 1. The molecule has 0 spiro atoms. The quantitative estimate of drug-likeness (QED) is 0.460. The average Bonchev–Trinajstić information content (AvgIpc) is 2.19. The Bertz CT molecular complexity index is 51.5. The Balaban J connectivity index is 2.09. The maximum atomic E-state index is 3.11.